The molecule has 1 aromatic heterocycles. The number of hydrogen-bond acceptors (Lipinski definition) is 2. The third-order valence-corrected chi connectivity index (χ3v) is 7.36. The molecule has 1 fully saturated rings. The standard InChI is InChI=1S/C27H38BNO2/c1-24(2,3)17-12-13-22-19(14-17)20-15-18(25(4,5)6)16-21(23(20)29(22)11)28-30-26(7,8)27(9,10)31-28/h12-16H,1-11H3. The molecule has 0 aliphatic carbocycles. The molecule has 1 aliphatic rings. The molecule has 1 saturated heterocycles. The van der Waals surface area contributed by atoms with Crippen LogP contribution in [0.3, 0.4) is 0 Å². The zero-order chi connectivity index (χ0) is 23.1. The Hall–Kier alpha value is -1.78. The maximum Gasteiger partial charge on any atom is 0.497 e. The van der Waals surface area contributed by atoms with Crippen molar-refractivity contribution in [2.45, 2.75) is 91.3 Å². The van der Waals surface area contributed by atoms with Crippen LogP contribution < -0.4 is 5.46 Å². The van der Waals surface area contributed by atoms with Crippen molar-refractivity contribution in [2.24, 2.45) is 7.05 Å². The third-order valence-electron chi connectivity index (χ3n) is 7.36. The van der Waals surface area contributed by atoms with Gasteiger partial charge in [-0.05, 0) is 67.9 Å². The SMILES string of the molecule is Cn1c2ccc(C(C)(C)C)cc2c2cc(C(C)(C)C)cc(B3OC(C)(C)C(C)(C)O3)c21. The lowest BCUT2D eigenvalue weighted by Gasteiger charge is -2.32. The van der Waals surface area contributed by atoms with E-state index in [4.69, 9.17) is 9.31 Å². The monoisotopic (exact) mass is 419 g/mol. The highest BCUT2D eigenvalue weighted by Gasteiger charge is 2.52. The number of fused-ring (bicyclic) bond motifs is 3. The predicted octanol–water partition coefficient (Wildman–Crippen LogP) is 6.23. The fourth-order valence-electron chi connectivity index (χ4n) is 4.45. The van der Waals surface area contributed by atoms with Crippen LogP contribution in [0, 0.1) is 0 Å². The molecule has 2 heterocycles. The average Bonchev–Trinajstić information content (AvgIpc) is 3.02. The summed E-state index contributed by atoms with van der Waals surface area (Å²) in [6.45, 7) is 22.1. The summed E-state index contributed by atoms with van der Waals surface area (Å²) in [5.41, 5.74) is 5.61. The van der Waals surface area contributed by atoms with Gasteiger partial charge in [-0.2, -0.15) is 0 Å². The van der Waals surface area contributed by atoms with Crippen molar-refractivity contribution in [1.29, 1.82) is 0 Å². The fraction of sp³-hybridized carbons (Fsp3) is 0.556. The van der Waals surface area contributed by atoms with Crippen LogP contribution >= 0.6 is 0 Å². The third kappa shape index (κ3) is 3.52. The van der Waals surface area contributed by atoms with E-state index >= 15 is 0 Å². The summed E-state index contributed by atoms with van der Waals surface area (Å²) in [5.74, 6) is 0. The van der Waals surface area contributed by atoms with Crippen LogP contribution in [-0.2, 0) is 27.2 Å². The van der Waals surface area contributed by atoms with Crippen LogP contribution in [0.4, 0.5) is 0 Å². The van der Waals surface area contributed by atoms with Crippen molar-refractivity contribution in [3.05, 3.63) is 41.5 Å². The minimum atomic E-state index is -0.389. The van der Waals surface area contributed by atoms with Gasteiger partial charge in [0.15, 0.2) is 0 Å². The van der Waals surface area contributed by atoms with Crippen molar-refractivity contribution in [3.8, 4) is 0 Å². The van der Waals surface area contributed by atoms with Crippen LogP contribution in [0.25, 0.3) is 21.8 Å². The Morgan fingerprint density at radius 2 is 1.26 bits per heavy atom. The highest BCUT2D eigenvalue weighted by molar-refractivity contribution is 6.65. The van der Waals surface area contributed by atoms with Crippen LogP contribution in [0.5, 0.6) is 0 Å². The molecule has 31 heavy (non-hydrogen) atoms. The molecule has 1 aliphatic heterocycles. The van der Waals surface area contributed by atoms with Gasteiger partial charge in [-0.15, -0.1) is 0 Å². The summed E-state index contributed by atoms with van der Waals surface area (Å²) in [6.07, 6.45) is 0. The maximum atomic E-state index is 6.52. The average molecular weight is 419 g/mol. The second-order valence-electron chi connectivity index (χ2n) is 12.3. The zero-order valence-electron chi connectivity index (χ0n) is 21.2. The Kier molecular flexibility index (Phi) is 4.79. The van der Waals surface area contributed by atoms with Gasteiger partial charge in [0.1, 0.15) is 0 Å². The molecule has 4 rings (SSSR count). The molecule has 0 N–H and O–H groups in total. The maximum absolute atomic E-state index is 6.52. The van der Waals surface area contributed by atoms with Crippen LogP contribution in [0.2, 0.25) is 0 Å². The first-order valence-corrected chi connectivity index (χ1v) is 11.5. The van der Waals surface area contributed by atoms with Gasteiger partial charge in [0.05, 0.1) is 11.2 Å². The van der Waals surface area contributed by atoms with Crippen molar-refractivity contribution in [2.75, 3.05) is 0 Å². The van der Waals surface area contributed by atoms with E-state index in [0.29, 0.717) is 0 Å². The van der Waals surface area contributed by atoms with E-state index in [9.17, 15) is 0 Å². The van der Waals surface area contributed by atoms with Crippen molar-refractivity contribution in [1.82, 2.24) is 4.57 Å². The lowest BCUT2D eigenvalue weighted by molar-refractivity contribution is 0.00578. The highest BCUT2D eigenvalue weighted by atomic mass is 16.7. The Balaban J connectivity index is 2.06. The molecule has 2 aromatic carbocycles. The van der Waals surface area contributed by atoms with E-state index in [1.165, 1.54) is 32.9 Å². The summed E-state index contributed by atoms with van der Waals surface area (Å²) < 4.78 is 15.3. The summed E-state index contributed by atoms with van der Waals surface area (Å²) in [5, 5.41) is 2.58. The Morgan fingerprint density at radius 3 is 1.77 bits per heavy atom. The quantitative estimate of drug-likeness (QED) is 0.437. The van der Waals surface area contributed by atoms with Gasteiger partial charge < -0.3 is 13.9 Å². The molecule has 0 bridgehead atoms. The lowest BCUT2D eigenvalue weighted by atomic mass is 9.74. The molecule has 0 radical (unpaired) electrons. The summed E-state index contributed by atoms with van der Waals surface area (Å²) in [4.78, 5) is 0. The topological polar surface area (TPSA) is 23.4 Å². The molecule has 0 spiro atoms. The Bertz CT molecular complexity index is 1160. The minimum absolute atomic E-state index is 0.0242. The van der Waals surface area contributed by atoms with E-state index in [1.807, 2.05) is 0 Å². The van der Waals surface area contributed by atoms with E-state index in [1.54, 1.807) is 0 Å². The van der Waals surface area contributed by atoms with Crippen molar-refractivity contribution >= 4 is 34.4 Å². The molecule has 166 valence electrons. The number of aryl methyl sites for hydroxylation is 1. The second kappa shape index (κ2) is 6.62. The normalized spacial score (nSPS) is 19.0. The van der Waals surface area contributed by atoms with E-state index in [0.717, 1.165) is 5.46 Å². The van der Waals surface area contributed by atoms with E-state index < -0.39 is 0 Å². The second-order valence-corrected chi connectivity index (χ2v) is 12.3. The summed E-state index contributed by atoms with van der Waals surface area (Å²) in [7, 11) is 1.77. The van der Waals surface area contributed by atoms with Gasteiger partial charge in [0.2, 0.25) is 0 Å². The molecular weight excluding hydrogens is 381 g/mol. The number of nitrogens with zero attached hydrogens (tertiary/aromatic N) is 1. The first-order valence-electron chi connectivity index (χ1n) is 11.5. The van der Waals surface area contributed by atoms with Crippen LogP contribution in [0.15, 0.2) is 30.3 Å². The molecule has 4 heteroatoms. The van der Waals surface area contributed by atoms with Gasteiger partial charge in [-0.25, -0.2) is 0 Å². The molecule has 3 aromatic rings. The highest BCUT2D eigenvalue weighted by Crippen LogP contribution is 2.39. The number of rotatable bonds is 1. The molecule has 0 saturated carbocycles. The molecule has 0 amide bonds. The number of aromatic nitrogens is 1. The largest absolute Gasteiger partial charge is 0.497 e. The minimum Gasteiger partial charge on any atom is -0.399 e. The van der Waals surface area contributed by atoms with Gasteiger partial charge in [-0.3, -0.25) is 0 Å². The van der Waals surface area contributed by atoms with E-state index in [-0.39, 0.29) is 29.2 Å². The zero-order valence-corrected chi connectivity index (χ0v) is 21.2. The Labute approximate surface area is 188 Å². The lowest BCUT2D eigenvalue weighted by Crippen LogP contribution is -2.41. The molecule has 0 atom stereocenters. The number of hydrogen-bond donors (Lipinski definition) is 0. The van der Waals surface area contributed by atoms with Gasteiger partial charge in [-0.1, -0.05) is 53.7 Å². The summed E-state index contributed by atoms with van der Waals surface area (Å²) >= 11 is 0. The van der Waals surface area contributed by atoms with E-state index in [2.05, 4.69) is 111 Å². The summed E-state index contributed by atoms with van der Waals surface area (Å²) in [6, 6.07) is 11.6. The van der Waals surface area contributed by atoms with Gasteiger partial charge in [0.25, 0.3) is 0 Å². The molecular formula is C27H38BNO2. The van der Waals surface area contributed by atoms with Gasteiger partial charge >= 0.3 is 7.12 Å². The van der Waals surface area contributed by atoms with Crippen LogP contribution in [0.1, 0.15) is 80.4 Å². The van der Waals surface area contributed by atoms with Crippen LogP contribution in [-0.4, -0.2) is 22.9 Å². The smallest absolute Gasteiger partial charge is 0.399 e. The predicted molar refractivity (Wildman–Crippen MR) is 134 cm³/mol. The fourth-order valence-corrected chi connectivity index (χ4v) is 4.45. The molecule has 3 nitrogen and oxygen atoms in total. The Morgan fingerprint density at radius 1 is 0.742 bits per heavy atom. The van der Waals surface area contributed by atoms with Gasteiger partial charge in [0, 0.05) is 34.3 Å². The molecule has 0 unspecified atom stereocenters. The number of benzene rings is 2. The first-order chi connectivity index (χ1) is 14.0. The van der Waals surface area contributed by atoms with Crippen molar-refractivity contribution in [3.63, 3.8) is 0 Å². The first kappa shape index (κ1) is 22.4. The van der Waals surface area contributed by atoms with Crippen molar-refractivity contribution < 1.29 is 9.31 Å².